The first-order chi connectivity index (χ1) is 7.97. The summed E-state index contributed by atoms with van der Waals surface area (Å²) < 4.78 is 34.3. The van der Waals surface area contributed by atoms with Gasteiger partial charge in [-0.1, -0.05) is 0 Å². The number of carbonyl (C=O) groups is 1. The Labute approximate surface area is 101 Å². The average molecular weight is 264 g/mol. The number of nitrogens with one attached hydrogen (secondary N) is 1. The van der Waals surface area contributed by atoms with E-state index in [2.05, 4.69) is 5.32 Å². The number of amides is 1. The highest BCUT2D eigenvalue weighted by atomic mass is 32.3. The molecule has 2 saturated heterocycles. The lowest BCUT2D eigenvalue weighted by Crippen LogP contribution is -2.37. The predicted molar refractivity (Wildman–Crippen MR) is 60.6 cm³/mol. The lowest BCUT2D eigenvalue weighted by Gasteiger charge is -2.27. The van der Waals surface area contributed by atoms with Gasteiger partial charge in [-0.05, 0) is 31.8 Å². The molecule has 0 aliphatic carbocycles. The normalized spacial score (nSPS) is 27.7. The van der Waals surface area contributed by atoms with E-state index in [1.54, 1.807) is 0 Å². The molecule has 2 rings (SSSR count). The second-order valence-electron chi connectivity index (χ2n) is 4.79. The average Bonchev–Trinajstić information content (AvgIpc) is 2.62. The largest absolute Gasteiger partial charge is 0.341 e. The number of rotatable bonds is 3. The number of nitrogens with zero attached hydrogens (tertiary/aromatic N) is 1. The van der Waals surface area contributed by atoms with Gasteiger partial charge in [0.1, 0.15) is 5.25 Å². The lowest BCUT2D eigenvalue weighted by molar-refractivity contribution is -0.128. The maximum atomic E-state index is 12.8. The van der Waals surface area contributed by atoms with Crippen LogP contribution < -0.4 is 5.32 Å². The van der Waals surface area contributed by atoms with Gasteiger partial charge in [0, 0.05) is 19.5 Å². The molecule has 0 aromatic rings. The minimum Gasteiger partial charge on any atom is -0.341 e. The van der Waals surface area contributed by atoms with E-state index in [1.165, 1.54) is 4.90 Å². The van der Waals surface area contributed by atoms with E-state index < -0.39 is 15.5 Å². The third kappa shape index (κ3) is 3.16. The molecule has 1 atom stereocenters. The van der Waals surface area contributed by atoms with Crippen molar-refractivity contribution in [3.8, 4) is 0 Å². The molecule has 2 aliphatic heterocycles. The Hall–Kier alpha value is -0.690. The molecule has 17 heavy (non-hydrogen) atoms. The molecule has 2 aliphatic rings. The van der Waals surface area contributed by atoms with Gasteiger partial charge in [-0.2, -0.15) is 8.42 Å². The van der Waals surface area contributed by atoms with E-state index in [9.17, 15) is 17.1 Å². The standard InChI is InChI=1S/C10H17FN2O3S/c11-17(15,16)9-5-10(14)13(7-9)6-8-1-3-12-4-2-8/h8-9,12H,1-7H2. The zero-order valence-electron chi connectivity index (χ0n) is 9.56. The second kappa shape index (κ2) is 4.89. The quantitative estimate of drug-likeness (QED) is 0.722. The van der Waals surface area contributed by atoms with Gasteiger partial charge in [0.15, 0.2) is 0 Å². The first kappa shape index (κ1) is 12.8. The molecule has 2 heterocycles. The molecule has 0 bridgehead atoms. The Bertz CT molecular complexity index is 392. The summed E-state index contributed by atoms with van der Waals surface area (Å²) in [6, 6.07) is 0. The molecular formula is C10H17FN2O3S. The van der Waals surface area contributed by atoms with Gasteiger partial charge in [-0.15, -0.1) is 3.89 Å². The number of likely N-dealkylation sites (tertiary alicyclic amines) is 1. The van der Waals surface area contributed by atoms with E-state index >= 15 is 0 Å². The van der Waals surface area contributed by atoms with E-state index in [1.807, 2.05) is 0 Å². The fraction of sp³-hybridized carbons (Fsp3) is 0.900. The van der Waals surface area contributed by atoms with Crippen LogP contribution in [-0.2, 0) is 15.0 Å². The van der Waals surface area contributed by atoms with Crippen LogP contribution in [0.15, 0.2) is 0 Å². The van der Waals surface area contributed by atoms with Gasteiger partial charge in [-0.25, -0.2) is 0 Å². The van der Waals surface area contributed by atoms with Gasteiger partial charge in [-0.3, -0.25) is 4.79 Å². The Balaban J connectivity index is 1.92. The van der Waals surface area contributed by atoms with Crippen LogP contribution in [0.1, 0.15) is 19.3 Å². The van der Waals surface area contributed by atoms with Crippen LogP contribution in [-0.4, -0.2) is 50.7 Å². The number of hydrogen-bond donors (Lipinski definition) is 1. The van der Waals surface area contributed by atoms with Gasteiger partial charge in [0.25, 0.3) is 0 Å². The third-order valence-electron chi connectivity index (χ3n) is 3.51. The highest BCUT2D eigenvalue weighted by molar-refractivity contribution is 7.87. The molecule has 98 valence electrons. The van der Waals surface area contributed by atoms with Gasteiger partial charge in [0.05, 0.1) is 0 Å². The maximum Gasteiger partial charge on any atom is 0.307 e. The van der Waals surface area contributed by atoms with Crippen LogP contribution in [0.25, 0.3) is 0 Å². The molecule has 0 aromatic carbocycles. The monoisotopic (exact) mass is 264 g/mol. The van der Waals surface area contributed by atoms with Crippen molar-refractivity contribution in [3.63, 3.8) is 0 Å². The molecule has 0 aromatic heterocycles. The summed E-state index contributed by atoms with van der Waals surface area (Å²) in [5, 5.41) is 2.07. The highest BCUT2D eigenvalue weighted by Crippen LogP contribution is 2.22. The smallest absolute Gasteiger partial charge is 0.307 e. The molecule has 1 N–H and O–H groups in total. The van der Waals surface area contributed by atoms with Gasteiger partial charge >= 0.3 is 10.2 Å². The second-order valence-corrected chi connectivity index (χ2v) is 6.41. The van der Waals surface area contributed by atoms with Crippen molar-refractivity contribution >= 4 is 16.1 Å². The molecule has 5 nitrogen and oxygen atoms in total. The Morgan fingerprint density at radius 2 is 2.00 bits per heavy atom. The summed E-state index contributed by atoms with van der Waals surface area (Å²) in [4.78, 5) is 13.1. The zero-order chi connectivity index (χ0) is 12.5. The summed E-state index contributed by atoms with van der Waals surface area (Å²) in [6.07, 6.45) is 1.76. The number of carbonyl (C=O) groups excluding carboxylic acids is 1. The molecule has 1 amide bonds. The van der Waals surface area contributed by atoms with Gasteiger partial charge in [0.2, 0.25) is 5.91 Å². The van der Waals surface area contributed by atoms with E-state index in [-0.39, 0.29) is 18.9 Å². The van der Waals surface area contributed by atoms with Crippen molar-refractivity contribution in [2.24, 2.45) is 5.92 Å². The van der Waals surface area contributed by atoms with Crippen LogP contribution in [0.5, 0.6) is 0 Å². The highest BCUT2D eigenvalue weighted by Gasteiger charge is 2.38. The molecule has 0 radical (unpaired) electrons. The van der Waals surface area contributed by atoms with Crippen molar-refractivity contribution in [1.29, 1.82) is 0 Å². The van der Waals surface area contributed by atoms with Crippen molar-refractivity contribution in [2.75, 3.05) is 26.2 Å². The van der Waals surface area contributed by atoms with Gasteiger partial charge < -0.3 is 10.2 Å². The molecule has 1 unspecified atom stereocenters. The Morgan fingerprint density at radius 1 is 1.35 bits per heavy atom. The summed E-state index contributed by atoms with van der Waals surface area (Å²) in [5.41, 5.74) is 0. The summed E-state index contributed by atoms with van der Waals surface area (Å²) in [6.45, 7) is 2.43. The summed E-state index contributed by atoms with van der Waals surface area (Å²) >= 11 is 0. The summed E-state index contributed by atoms with van der Waals surface area (Å²) in [7, 11) is -4.58. The maximum absolute atomic E-state index is 12.8. The van der Waals surface area contributed by atoms with Crippen LogP contribution in [0.3, 0.4) is 0 Å². The van der Waals surface area contributed by atoms with E-state index in [0.29, 0.717) is 12.5 Å². The summed E-state index contributed by atoms with van der Waals surface area (Å²) in [5.74, 6) is 0.163. The molecule has 0 saturated carbocycles. The lowest BCUT2D eigenvalue weighted by atomic mass is 9.98. The van der Waals surface area contributed by atoms with Crippen LogP contribution >= 0.6 is 0 Å². The fourth-order valence-corrected chi connectivity index (χ4v) is 3.18. The minimum absolute atomic E-state index is 0.0155. The molecule has 2 fully saturated rings. The molecular weight excluding hydrogens is 247 g/mol. The number of halogens is 1. The zero-order valence-corrected chi connectivity index (χ0v) is 10.4. The first-order valence-corrected chi connectivity index (χ1v) is 7.33. The van der Waals surface area contributed by atoms with Crippen LogP contribution in [0.4, 0.5) is 3.89 Å². The van der Waals surface area contributed by atoms with Crippen LogP contribution in [0, 0.1) is 5.92 Å². The number of hydrogen-bond acceptors (Lipinski definition) is 4. The topological polar surface area (TPSA) is 66.5 Å². The molecule has 7 heteroatoms. The van der Waals surface area contributed by atoms with Crippen molar-refractivity contribution in [1.82, 2.24) is 10.2 Å². The van der Waals surface area contributed by atoms with Crippen LogP contribution in [0.2, 0.25) is 0 Å². The minimum atomic E-state index is -4.58. The third-order valence-corrected chi connectivity index (χ3v) is 4.63. The van der Waals surface area contributed by atoms with Crippen molar-refractivity contribution < 1.29 is 17.1 Å². The fourth-order valence-electron chi connectivity index (χ4n) is 2.48. The SMILES string of the molecule is O=C1CC(S(=O)(=O)F)CN1CC1CCNCC1. The Morgan fingerprint density at radius 3 is 2.53 bits per heavy atom. The first-order valence-electron chi connectivity index (χ1n) is 5.89. The number of piperidine rings is 1. The Kier molecular flexibility index (Phi) is 3.67. The molecule has 0 spiro atoms. The van der Waals surface area contributed by atoms with Crippen molar-refractivity contribution in [3.05, 3.63) is 0 Å². The van der Waals surface area contributed by atoms with Crippen molar-refractivity contribution in [2.45, 2.75) is 24.5 Å². The van der Waals surface area contributed by atoms with E-state index in [0.717, 1.165) is 25.9 Å². The van der Waals surface area contributed by atoms with E-state index in [4.69, 9.17) is 0 Å². The predicted octanol–water partition coefficient (Wildman–Crippen LogP) is -0.114.